The minimum Gasteiger partial charge on any atom is -0.496 e. The molecule has 1 aromatic heterocycles. The van der Waals surface area contributed by atoms with Gasteiger partial charge in [0.15, 0.2) is 5.82 Å². The number of nitrogens with zero attached hydrogens (tertiary/aromatic N) is 3. The van der Waals surface area contributed by atoms with Gasteiger partial charge in [-0.05, 0) is 23.8 Å². The summed E-state index contributed by atoms with van der Waals surface area (Å²) < 4.78 is 10.3. The lowest BCUT2D eigenvalue weighted by Gasteiger charge is -2.18. The molecule has 1 saturated heterocycles. The lowest BCUT2D eigenvalue weighted by atomic mass is 9.88. The average molecular weight is 384 g/mol. The third-order valence-electron chi connectivity index (χ3n) is 4.94. The molecule has 3 aromatic rings. The highest BCUT2D eigenvalue weighted by Crippen LogP contribution is 2.39. The Bertz CT molecular complexity index is 931. The largest absolute Gasteiger partial charge is 0.496 e. The maximum absolute atomic E-state index is 13.2. The van der Waals surface area contributed by atoms with Crippen LogP contribution in [-0.2, 0) is 0 Å². The van der Waals surface area contributed by atoms with E-state index in [9.17, 15) is 4.79 Å². The van der Waals surface area contributed by atoms with Gasteiger partial charge in [0, 0.05) is 29.9 Å². The number of benzene rings is 2. The lowest BCUT2D eigenvalue weighted by Crippen LogP contribution is -2.29. The third-order valence-corrected chi connectivity index (χ3v) is 5.17. The molecule has 1 aliphatic heterocycles. The number of carbonyl (C=O) groups is 1. The van der Waals surface area contributed by atoms with Crippen LogP contribution in [0.2, 0.25) is 5.02 Å². The monoisotopic (exact) mass is 383 g/mol. The summed E-state index contributed by atoms with van der Waals surface area (Å²) in [5, 5.41) is 4.51. The van der Waals surface area contributed by atoms with E-state index in [0.29, 0.717) is 35.2 Å². The SMILES string of the molecule is COc1ccc(Cl)cc1C(=O)N1C[C@H](c2ccccc2)[C@H](c2ncon2)C1. The Balaban J connectivity index is 1.67. The summed E-state index contributed by atoms with van der Waals surface area (Å²) in [6.45, 7) is 1.05. The molecule has 2 atom stereocenters. The molecule has 0 radical (unpaired) electrons. The summed E-state index contributed by atoms with van der Waals surface area (Å²) in [6, 6.07) is 15.1. The van der Waals surface area contributed by atoms with E-state index in [1.165, 1.54) is 6.39 Å². The van der Waals surface area contributed by atoms with E-state index in [0.717, 1.165) is 5.56 Å². The predicted molar refractivity (Wildman–Crippen MR) is 100 cm³/mol. The van der Waals surface area contributed by atoms with Crippen molar-refractivity contribution >= 4 is 17.5 Å². The first-order chi connectivity index (χ1) is 13.2. The fraction of sp³-hybridized carbons (Fsp3) is 0.250. The van der Waals surface area contributed by atoms with Gasteiger partial charge in [-0.3, -0.25) is 4.79 Å². The van der Waals surface area contributed by atoms with Crippen LogP contribution in [0.1, 0.15) is 33.6 Å². The molecule has 0 saturated carbocycles. The van der Waals surface area contributed by atoms with Crippen LogP contribution in [0, 0.1) is 0 Å². The van der Waals surface area contributed by atoms with Crippen molar-refractivity contribution in [2.75, 3.05) is 20.2 Å². The molecule has 0 spiro atoms. The van der Waals surface area contributed by atoms with E-state index in [1.807, 2.05) is 18.2 Å². The van der Waals surface area contributed by atoms with Crippen molar-refractivity contribution in [3.8, 4) is 5.75 Å². The smallest absolute Gasteiger partial charge is 0.257 e. The van der Waals surface area contributed by atoms with Gasteiger partial charge < -0.3 is 14.2 Å². The molecule has 27 heavy (non-hydrogen) atoms. The average Bonchev–Trinajstić information content (AvgIpc) is 3.37. The molecule has 2 aromatic carbocycles. The molecule has 138 valence electrons. The van der Waals surface area contributed by atoms with Gasteiger partial charge in [-0.25, -0.2) is 0 Å². The van der Waals surface area contributed by atoms with E-state index in [-0.39, 0.29) is 17.7 Å². The Morgan fingerprint density at radius 3 is 2.67 bits per heavy atom. The Labute approximate surface area is 161 Å². The number of rotatable bonds is 4. The Hall–Kier alpha value is -2.86. The molecule has 1 amide bonds. The maximum Gasteiger partial charge on any atom is 0.257 e. The molecule has 0 aliphatic carbocycles. The number of amides is 1. The van der Waals surface area contributed by atoms with E-state index in [4.69, 9.17) is 20.9 Å². The number of hydrogen-bond donors (Lipinski definition) is 0. The van der Waals surface area contributed by atoms with Crippen molar-refractivity contribution in [2.24, 2.45) is 0 Å². The fourth-order valence-corrected chi connectivity index (χ4v) is 3.80. The van der Waals surface area contributed by atoms with Crippen molar-refractivity contribution in [1.29, 1.82) is 0 Å². The summed E-state index contributed by atoms with van der Waals surface area (Å²) in [4.78, 5) is 19.2. The van der Waals surface area contributed by atoms with Gasteiger partial charge in [0.1, 0.15) is 5.75 Å². The highest BCUT2D eigenvalue weighted by Gasteiger charge is 2.40. The van der Waals surface area contributed by atoms with Gasteiger partial charge in [0.05, 0.1) is 12.7 Å². The fourth-order valence-electron chi connectivity index (χ4n) is 3.63. The quantitative estimate of drug-likeness (QED) is 0.686. The van der Waals surface area contributed by atoms with Crippen LogP contribution in [0.15, 0.2) is 59.4 Å². The number of methoxy groups -OCH3 is 1. The standard InChI is InChI=1S/C20H18ClN3O3/c1-26-18-8-7-14(21)9-15(18)20(25)24-10-16(13-5-3-2-4-6-13)17(11-24)19-22-12-27-23-19/h2-9,12,16-17H,10-11H2,1H3/t16-,17-/m1/s1. The van der Waals surface area contributed by atoms with E-state index in [2.05, 4.69) is 22.3 Å². The van der Waals surface area contributed by atoms with Crippen molar-refractivity contribution < 1.29 is 14.1 Å². The van der Waals surface area contributed by atoms with Crippen LogP contribution >= 0.6 is 11.6 Å². The Morgan fingerprint density at radius 1 is 1.19 bits per heavy atom. The van der Waals surface area contributed by atoms with E-state index >= 15 is 0 Å². The first-order valence-corrected chi connectivity index (χ1v) is 8.99. The third kappa shape index (κ3) is 3.40. The molecule has 1 aliphatic rings. The molecular formula is C20H18ClN3O3. The first kappa shape index (κ1) is 17.5. The number of aromatic nitrogens is 2. The number of carbonyl (C=O) groups excluding carboxylic acids is 1. The zero-order valence-corrected chi connectivity index (χ0v) is 15.5. The topological polar surface area (TPSA) is 68.5 Å². The van der Waals surface area contributed by atoms with Gasteiger partial charge >= 0.3 is 0 Å². The second-order valence-corrected chi connectivity index (χ2v) is 6.90. The number of halogens is 1. The van der Waals surface area contributed by atoms with Gasteiger partial charge in [-0.15, -0.1) is 0 Å². The summed E-state index contributed by atoms with van der Waals surface area (Å²) in [5.41, 5.74) is 1.59. The molecule has 0 bridgehead atoms. The zero-order valence-electron chi connectivity index (χ0n) is 14.7. The van der Waals surface area contributed by atoms with Gasteiger partial charge in [0.25, 0.3) is 5.91 Å². The minimum absolute atomic E-state index is 0.0414. The van der Waals surface area contributed by atoms with Gasteiger partial charge in [-0.1, -0.05) is 47.1 Å². The summed E-state index contributed by atoms with van der Waals surface area (Å²) in [5.74, 6) is 1.03. The Kier molecular flexibility index (Phi) is 4.81. The predicted octanol–water partition coefficient (Wildman–Crippen LogP) is 3.76. The normalized spacial score (nSPS) is 19.3. The number of hydrogen-bond acceptors (Lipinski definition) is 5. The van der Waals surface area contributed by atoms with E-state index < -0.39 is 0 Å². The van der Waals surface area contributed by atoms with Crippen LogP contribution in [0.5, 0.6) is 5.75 Å². The van der Waals surface area contributed by atoms with Gasteiger partial charge in [0.2, 0.25) is 6.39 Å². The molecule has 7 heteroatoms. The second kappa shape index (κ2) is 7.40. The second-order valence-electron chi connectivity index (χ2n) is 6.47. The first-order valence-electron chi connectivity index (χ1n) is 8.61. The highest BCUT2D eigenvalue weighted by molar-refractivity contribution is 6.31. The van der Waals surface area contributed by atoms with Crippen LogP contribution in [0.25, 0.3) is 0 Å². The van der Waals surface area contributed by atoms with Gasteiger partial charge in [-0.2, -0.15) is 4.98 Å². The van der Waals surface area contributed by atoms with Crippen LogP contribution in [0.3, 0.4) is 0 Å². The van der Waals surface area contributed by atoms with Crippen LogP contribution in [0.4, 0.5) is 0 Å². The van der Waals surface area contributed by atoms with Crippen molar-refractivity contribution in [3.63, 3.8) is 0 Å². The zero-order chi connectivity index (χ0) is 18.8. The molecule has 2 heterocycles. The summed E-state index contributed by atoms with van der Waals surface area (Å²) in [7, 11) is 1.54. The van der Waals surface area contributed by atoms with Crippen molar-refractivity contribution in [1.82, 2.24) is 15.0 Å². The van der Waals surface area contributed by atoms with Crippen molar-refractivity contribution in [3.05, 3.63) is 76.9 Å². The molecule has 6 nitrogen and oxygen atoms in total. The molecular weight excluding hydrogens is 366 g/mol. The van der Waals surface area contributed by atoms with Crippen LogP contribution in [-0.4, -0.2) is 41.1 Å². The molecule has 1 fully saturated rings. The van der Waals surface area contributed by atoms with Crippen LogP contribution < -0.4 is 4.74 Å². The molecule has 0 N–H and O–H groups in total. The highest BCUT2D eigenvalue weighted by atomic mass is 35.5. The number of likely N-dealkylation sites (tertiary alicyclic amines) is 1. The molecule has 0 unspecified atom stereocenters. The minimum atomic E-state index is -0.124. The molecule has 4 rings (SSSR count). The maximum atomic E-state index is 13.2. The lowest BCUT2D eigenvalue weighted by molar-refractivity contribution is 0.0785. The van der Waals surface area contributed by atoms with E-state index in [1.54, 1.807) is 30.2 Å². The number of ether oxygens (including phenoxy) is 1. The summed E-state index contributed by atoms with van der Waals surface area (Å²) >= 11 is 6.10. The van der Waals surface area contributed by atoms with Crippen molar-refractivity contribution in [2.45, 2.75) is 11.8 Å². The Morgan fingerprint density at radius 2 is 1.96 bits per heavy atom. The summed E-state index contributed by atoms with van der Waals surface area (Å²) in [6.07, 6.45) is 1.32.